The fourth-order valence-electron chi connectivity index (χ4n) is 1.52. The molecule has 8 heteroatoms. The molecule has 112 valence electrons. The molecule has 1 heterocycles. The second-order valence-electron chi connectivity index (χ2n) is 4.63. The molecular formula is C13H17N5O3. The number of nitrogen functional groups attached to an aromatic ring is 1. The van der Waals surface area contributed by atoms with Crippen LogP contribution < -0.4 is 15.8 Å². The molecule has 0 aliphatic carbocycles. The zero-order chi connectivity index (χ0) is 15.2. The van der Waals surface area contributed by atoms with Crippen LogP contribution >= 0.6 is 0 Å². The van der Waals surface area contributed by atoms with Crippen LogP contribution in [0.3, 0.4) is 0 Å². The lowest BCUT2D eigenvalue weighted by Crippen LogP contribution is -2.19. The number of hydrogen-bond acceptors (Lipinski definition) is 7. The number of anilines is 2. The van der Waals surface area contributed by atoms with Crippen LogP contribution in [0.5, 0.6) is 5.75 Å². The third-order valence-electron chi connectivity index (χ3n) is 2.65. The smallest absolute Gasteiger partial charge is 0.281 e. The number of carbonyl (C=O) groups excluding carboxylic acids is 1. The molecule has 0 radical (unpaired) electrons. The van der Waals surface area contributed by atoms with E-state index in [1.807, 2.05) is 19.0 Å². The Balaban J connectivity index is 1.90. The molecule has 0 aliphatic rings. The van der Waals surface area contributed by atoms with E-state index in [4.69, 9.17) is 10.5 Å². The van der Waals surface area contributed by atoms with Gasteiger partial charge in [0.1, 0.15) is 12.4 Å². The highest BCUT2D eigenvalue weighted by molar-refractivity contribution is 6.05. The van der Waals surface area contributed by atoms with Gasteiger partial charge in [0.2, 0.25) is 11.5 Å². The highest BCUT2D eigenvalue weighted by atomic mass is 16.6. The number of carbonyl (C=O) groups is 1. The summed E-state index contributed by atoms with van der Waals surface area (Å²) in [7, 11) is 3.96. The summed E-state index contributed by atoms with van der Waals surface area (Å²) in [6, 6.07) is 7.00. The number of likely N-dealkylation sites (N-methyl/N-ethyl adjacent to an activating group) is 1. The van der Waals surface area contributed by atoms with Gasteiger partial charge in [-0.3, -0.25) is 4.79 Å². The topological polar surface area (TPSA) is 107 Å². The van der Waals surface area contributed by atoms with Crippen LogP contribution in [0.15, 0.2) is 28.9 Å². The number of aromatic nitrogens is 2. The van der Waals surface area contributed by atoms with Crippen LogP contribution in [-0.4, -0.2) is 48.4 Å². The molecule has 0 spiro atoms. The highest BCUT2D eigenvalue weighted by Crippen LogP contribution is 2.17. The monoisotopic (exact) mass is 291 g/mol. The zero-order valence-corrected chi connectivity index (χ0v) is 11.9. The molecular weight excluding hydrogens is 274 g/mol. The van der Waals surface area contributed by atoms with E-state index in [-0.39, 0.29) is 11.5 Å². The second kappa shape index (κ2) is 6.71. The first-order valence-corrected chi connectivity index (χ1v) is 6.33. The van der Waals surface area contributed by atoms with Crippen LogP contribution in [0, 0.1) is 0 Å². The van der Waals surface area contributed by atoms with Crippen molar-refractivity contribution in [1.29, 1.82) is 0 Å². The van der Waals surface area contributed by atoms with E-state index in [2.05, 4.69) is 20.3 Å². The van der Waals surface area contributed by atoms with Crippen molar-refractivity contribution in [2.45, 2.75) is 0 Å². The quantitative estimate of drug-likeness (QED) is 0.812. The average molecular weight is 291 g/mol. The maximum atomic E-state index is 11.8. The Bertz CT molecular complexity index is 594. The van der Waals surface area contributed by atoms with Gasteiger partial charge in [-0.15, -0.1) is 0 Å². The van der Waals surface area contributed by atoms with E-state index in [0.29, 0.717) is 12.3 Å². The number of ether oxygens (including phenoxy) is 1. The maximum absolute atomic E-state index is 11.8. The van der Waals surface area contributed by atoms with E-state index in [1.165, 1.54) is 0 Å². The van der Waals surface area contributed by atoms with E-state index >= 15 is 0 Å². The lowest BCUT2D eigenvalue weighted by molar-refractivity contribution is 0.101. The number of benzene rings is 1. The first-order chi connectivity index (χ1) is 10.1. The summed E-state index contributed by atoms with van der Waals surface area (Å²) >= 11 is 0. The van der Waals surface area contributed by atoms with Gasteiger partial charge in [-0.1, -0.05) is 0 Å². The third kappa shape index (κ3) is 4.18. The van der Waals surface area contributed by atoms with Gasteiger partial charge < -0.3 is 20.7 Å². The zero-order valence-electron chi connectivity index (χ0n) is 11.9. The Labute approximate surface area is 121 Å². The minimum atomic E-state index is -0.477. The number of hydrogen-bond donors (Lipinski definition) is 2. The molecule has 8 nitrogen and oxygen atoms in total. The van der Waals surface area contributed by atoms with Gasteiger partial charge in [0.05, 0.1) is 0 Å². The average Bonchev–Trinajstić information content (AvgIpc) is 2.87. The number of rotatable bonds is 6. The van der Waals surface area contributed by atoms with Crippen LogP contribution in [-0.2, 0) is 0 Å². The Hall–Kier alpha value is -2.61. The number of nitrogens with zero attached hydrogens (tertiary/aromatic N) is 3. The molecule has 0 atom stereocenters. The van der Waals surface area contributed by atoms with Crippen molar-refractivity contribution in [3.05, 3.63) is 30.0 Å². The largest absolute Gasteiger partial charge is 0.492 e. The third-order valence-corrected chi connectivity index (χ3v) is 2.65. The first-order valence-electron chi connectivity index (χ1n) is 6.33. The predicted octanol–water partition coefficient (Wildman–Crippen LogP) is 0.844. The summed E-state index contributed by atoms with van der Waals surface area (Å²) in [4.78, 5) is 13.9. The van der Waals surface area contributed by atoms with Crippen molar-refractivity contribution < 1.29 is 14.2 Å². The Kier molecular flexibility index (Phi) is 4.72. The fourth-order valence-corrected chi connectivity index (χ4v) is 1.52. The summed E-state index contributed by atoms with van der Waals surface area (Å²) in [6.45, 7) is 1.43. The van der Waals surface area contributed by atoms with Gasteiger partial charge in [0.25, 0.3) is 5.91 Å². The molecule has 0 saturated carbocycles. The standard InChI is InChI=1S/C13H17N5O3/c1-18(2)7-8-20-10-5-3-9(4-6-10)15-13(19)11-12(14)17-21-16-11/h3-6H,7-8H2,1-2H3,(H2,14,17)(H,15,19). The Morgan fingerprint density at radius 1 is 1.33 bits per heavy atom. The van der Waals surface area contributed by atoms with Crippen molar-refractivity contribution in [3.8, 4) is 5.75 Å². The molecule has 1 amide bonds. The van der Waals surface area contributed by atoms with E-state index in [1.54, 1.807) is 24.3 Å². The van der Waals surface area contributed by atoms with Crippen molar-refractivity contribution in [3.63, 3.8) is 0 Å². The number of nitrogens with two attached hydrogens (primary N) is 1. The van der Waals surface area contributed by atoms with Crippen LogP contribution in [0.1, 0.15) is 10.5 Å². The molecule has 2 rings (SSSR count). The van der Waals surface area contributed by atoms with Crippen molar-refractivity contribution in [1.82, 2.24) is 15.2 Å². The van der Waals surface area contributed by atoms with Gasteiger partial charge in [-0.05, 0) is 48.7 Å². The first kappa shape index (κ1) is 14.8. The number of amides is 1. The summed E-state index contributed by atoms with van der Waals surface area (Å²) in [5, 5.41) is 9.42. The summed E-state index contributed by atoms with van der Waals surface area (Å²) < 4.78 is 9.93. The minimum absolute atomic E-state index is 0.0405. The van der Waals surface area contributed by atoms with E-state index in [9.17, 15) is 4.79 Å². The minimum Gasteiger partial charge on any atom is -0.492 e. The normalized spacial score (nSPS) is 10.6. The molecule has 21 heavy (non-hydrogen) atoms. The molecule has 0 fully saturated rings. The van der Waals surface area contributed by atoms with E-state index < -0.39 is 5.91 Å². The van der Waals surface area contributed by atoms with Gasteiger partial charge in [0, 0.05) is 12.2 Å². The van der Waals surface area contributed by atoms with Gasteiger partial charge in [-0.2, -0.15) is 0 Å². The maximum Gasteiger partial charge on any atom is 0.281 e. The van der Waals surface area contributed by atoms with Gasteiger partial charge in [0.15, 0.2) is 0 Å². The van der Waals surface area contributed by atoms with Crippen molar-refractivity contribution in [2.24, 2.45) is 0 Å². The van der Waals surface area contributed by atoms with Gasteiger partial charge >= 0.3 is 0 Å². The summed E-state index contributed by atoms with van der Waals surface area (Å²) in [5.74, 6) is 0.212. The Morgan fingerprint density at radius 2 is 2.05 bits per heavy atom. The predicted molar refractivity (Wildman–Crippen MR) is 77.2 cm³/mol. The molecule has 3 N–H and O–H groups in total. The molecule has 0 aliphatic heterocycles. The second-order valence-corrected chi connectivity index (χ2v) is 4.63. The van der Waals surface area contributed by atoms with Gasteiger partial charge in [-0.25, -0.2) is 4.63 Å². The summed E-state index contributed by atoms with van der Waals surface area (Å²) in [6.07, 6.45) is 0. The lowest BCUT2D eigenvalue weighted by atomic mass is 10.3. The molecule has 1 aromatic heterocycles. The molecule has 1 aromatic carbocycles. The van der Waals surface area contributed by atoms with Crippen LogP contribution in [0.2, 0.25) is 0 Å². The lowest BCUT2D eigenvalue weighted by Gasteiger charge is -2.11. The molecule has 2 aromatic rings. The summed E-state index contributed by atoms with van der Waals surface area (Å²) in [5.41, 5.74) is 6.01. The van der Waals surface area contributed by atoms with Crippen molar-refractivity contribution in [2.75, 3.05) is 38.3 Å². The highest BCUT2D eigenvalue weighted by Gasteiger charge is 2.15. The van der Waals surface area contributed by atoms with Crippen molar-refractivity contribution >= 4 is 17.4 Å². The molecule has 0 unspecified atom stereocenters. The molecule has 0 saturated heterocycles. The van der Waals surface area contributed by atoms with E-state index in [0.717, 1.165) is 12.3 Å². The van der Waals surface area contributed by atoms with Crippen LogP contribution in [0.25, 0.3) is 0 Å². The molecule has 0 bridgehead atoms. The number of nitrogens with one attached hydrogen (secondary N) is 1. The SMILES string of the molecule is CN(C)CCOc1ccc(NC(=O)c2nonc2N)cc1. The van der Waals surface area contributed by atoms with Crippen LogP contribution in [0.4, 0.5) is 11.5 Å². The fraction of sp³-hybridized carbons (Fsp3) is 0.308. The Morgan fingerprint density at radius 3 is 2.62 bits per heavy atom.